The van der Waals surface area contributed by atoms with Gasteiger partial charge in [0.2, 0.25) is 0 Å². The lowest BCUT2D eigenvalue weighted by Gasteiger charge is -2.12. The Labute approximate surface area is 124 Å². The van der Waals surface area contributed by atoms with E-state index in [0.717, 1.165) is 44.1 Å². The first-order chi connectivity index (χ1) is 9.06. The Morgan fingerprint density at radius 2 is 1.89 bits per heavy atom. The predicted octanol–water partition coefficient (Wildman–Crippen LogP) is 5.13. The molecule has 106 valence electrons. The third-order valence-electron chi connectivity index (χ3n) is 3.13. The molecular formula is C15H20Cl2O2. The third kappa shape index (κ3) is 5.42. The van der Waals surface area contributed by atoms with E-state index in [1.54, 1.807) is 0 Å². The maximum Gasteiger partial charge on any atom is 0.303 e. The van der Waals surface area contributed by atoms with Gasteiger partial charge in [-0.3, -0.25) is 4.79 Å². The maximum atomic E-state index is 10.4. The van der Waals surface area contributed by atoms with Crippen LogP contribution in [0.4, 0.5) is 0 Å². The Balaban J connectivity index is 2.57. The Kier molecular flexibility index (Phi) is 7.25. The molecule has 0 aliphatic rings. The minimum Gasteiger partial charge on any atom is -0.481 e. The van der Waals surface area contributed by atoms with Crippen LogP contribution in [0.2, 0.25) is 10.0 Å². The summed E-state index contributed by atoms with van der Waals surface area (Å²) in [4.78, 5) is 10.4. The molecule has 1 aromatic carbocycles. The van der Waals surface area contributed by atoms with Gasteiger partial charge in [0.05, 0.1) is 10.0 Å². The number of hydrogen-bond donors (Lipinski definition) is 1. The first-order valence-corrected chi connectivity index (χ1v) is 7.49. The Bertz CT molecular complexity index is 430. The fourth-order valence-corrected chi connectivity index (χ4v) is 2.61. The highest BCUT2D eigenvalue weighted by Gasteiger charge is 2.10. The number of benzene rings is 1. The molecule has 0 radical (unpaired) electrons. The summed E-state index contributed by atoms with van der Waals surface area (Å²) < 4.78 is 0. The van der Waals surface area contributed by atoms with Crippen molar-refractivity contribution < 1.29 is 9.90 Å². The summed E-state index contributed by atoms with van der Waals surface area (Å²) in [5.41, 5.74) is 2.39. The van der Waals surface area contributed by atoms with Gasteiger partial charge < -0.3 is 5.11 Å². The highest BCUT2D eigenvalue weighted by atomic mass is 35.5. The fourth-order valence-electron chi connectivity index (χ4n) is 2.16. The number of halogens is 2. The molecule has 1 N–H and O–H groups in total. The smallest absolute Gasteiger partial charge is 0.303 e. The van der Waals surface area contributed by atoms with Crippen molar-refractivity contribution in [3.8, 4) is 0 Å². The molecule has 19 heavy (non-hydrogen) atoms. The molecule has 0 atom stereocenters. The van der Waals surface area contributed by atoms with E-state index in [4.69, 9.17) is 28.3 Å². The number of aliphatic carboxylic acids is 1. The minimum atomic E-state index is -0.721. The first-order valence-electron chi connectivity index (χ1n) is 6.73. The number of aryl methyl sites for hydroxylation is 1. The highest BCUT2D eigenvalue weighted by Crippen LogP contribution is 2.30. The lowest BCUT2D eigenvalue weighted by Crippen LogP contribution is -1.98. The number of carbonyl (C=O) groups is 1. The average molecular weight is 303 g/mol. The molecule has 0 bridgehead atoms. The van der Waals surface area contributed by atoms with Crippen LogP contribution in [0, 0.1) is 0 Å². The SMILES string of the molecule is CCCc1c(CCCCCC(=O)O)ccc(Cl)c1Cl. The second-order valence-electron chi connectivity index (χ2n) is 4.70. The van der Waals surface area contributed by atoms with Crippen molar-refractivity contribution in [3.05, 3.63) is 33.3 Å². The third-order valence-corrected chi connectivity index (χ3v) is 3.97. The maximum absolute atomic E-state index is 10.4. The molecule has 0 unspecified atom stereocenters. The lowest BCUT2D eigenvalue weighted by atomic mass is 9.98. The molecule has 0 aromatic heterocycles. The van der Waals surface area contributed by atoms with Gasteiger partial charge in [-0.1, -0.05) is 49.0 Å². The van der Waals surface area contributed by atoms with Crippen LogP contribution in [0.3, 0.4) is 0 Å². The molecule has 4 heteroatoms. The number of hydrogen-bond acceptors (Lipinski definition) is 1. The largest absolute Gasteiger partial charge is 0.481 e. The van der Waals surface area contributed by atoms with E-state index in [1.165, 1.54) is 5.56 Å². The second kappa shape index (κ2) is 8.44. The molecule has 0 saturated heterocycles. The molecule has 1 rings (SSSR count). The number of carboxylic acids is 1. The van der Waals surface area contributed by atoms with E-state index in [9.17, 15) is 4.79 Å². The van der Waals surface area contributed by atoms with E-state index in [0.29, 0.717) is 10.0 Å². The van der Waals surface area contributed by atoms with Crippen LogP contribution in [0.25, 0.3) is 0 Å². The van der Waals surface area contributed by atoms with Crippen LogP contribution < -0.4 is 0 Å². The summed E-state index contributed by atoms with van der Waals surface area (Å²) in [6, 6.07) is 3.88. The quantitative estimate of drug-likeness (QED) is 0.676. The zero-order valence-corrected chi connectivity index (χ0v) is 12.7. The lowest BCUT2D eigenvalue weighted by molar-refractivity contribution is -0.137. The van der Waals surface area contributed by atoms with Crippen molar-refractivity contribution in [1.82, 2.24) is 0 Å². The number of unbranched alkanes of at least 4 members (excludes halogenated alkanes) is 2. The van der Waals surface area contributed by atoms with Gasteiger partial charge >= 0.3 is 5.97 Å². The van der Waals surface area contributed by atoms with Gasteiger partial charge in [-0.25, -0.2) is 0 Å². The van der Waals surface area contributed by atoms with Crippen LogP contribution in [0.5, 0.6) is 0 Å². The summed E-state index contributed by atoms with van der Waals surface area (Å²) in [7, 11) is 0. The van der Waals surface area contributed by atoms with Crippen LogP contribution >= 0.6 is 23.2 Å². The molecule has 0 fully saturated rings. The summed E-state index contributed by atoms with van der Waals surface area (Å²) in [5, 5.41) is 9.86. The van der Waals surface area contributed by atoms with Crippen molar-refractivity contribution in [2.45, 2.75) is 51.9 Å². The van der Waals surface area contributed by atoms with Gasteiger partial charge in [-0.15, -0.1) is 0 Å². The zero-order valence-electron chi connectivity index (χ0n) is 11.2. The van der Waals surface area contributed by atoms with Crippen LogP contribution in [0.15, 0.2) is 12.1 Å². The summed E-state index contributed by atoms with van der Waals surface area (Å²) in [6.07, 6.45) is 5.81. The van der Waals surface area contributed by atoms with Crippen molar-refractivity contribution in [3.63, 3.8) is 0 Å². The van der Waals surface area contributed by atoms with E-state index in [2.05, 4.69) is 6.92 Å². The van der Waals surface area contributed by atoms with Crippen molar-refractivity contribution >= 4 is 29.2 Å². The molecule has 1 aromatic rings. The van der Waals surface area contributed by atoms with Crippen molar-refractivity contribution in [2.75, 3.05) is 0 Å². The fraction of sp³-hybridized carbons (Fsp3) is 0.533. The second-order valence-corrected chi connectivity index (χ2v) is 5.49. The number of rotatable bonds is 8. The zero-order chi connectivity index (χ0) is 14.3. The Hall–Kier alpha value is -0.730. The van der Waals surface area contributed by atoms with Gasteiger partial charge in [0.15, 0.2) is 0 Å². The predicted molar refractivity (Wildman–Crippen MR) is 80.3 cm³/mol. The van der Waals surface area contributed by atoms with Gasteiger partial charge in [0.25, 0.3) is 0 Å². The molecule has 0 saturated carbocycles. The summed E-state index contributed by atoms with van der Waals surface area (Å²) in [5.74, 6) is -0.721. The Morgan fingerprint density at radius 3 is 2.53 bits per heavy atom. The van der Waals surface area contributed by atoms with Gasteiger partial charge in [-0.05, 0) is 42.9 Å². The molecule has 0 aliphatic heterocycles. The van der Waals surface area contributed by atoms with E-state index < -0.39 is 5.97 Å². The molecule has 0 heterocycles. The van der Waals surface area contributed by atoms with Crippen LogP contribution in [0.1, 0.15) is 50.2 Å². The molecule has 0 aliphatic carbocycles. The van der Waals surface area contributed by atoms with Crippen molar-refractivity contribution in [2.24, 2.45) is 0 Å². The monoisotopic (exact) mass is 302 g/mol. The van der Waals surface area contributed by atoms with Crippen LogP contribution in [-0.4, -0.2) is 11.1 Å². The van der Waals surface area contributed by atoms with E-state index in [-0.39, 0.29) is 6.42 Å². The van der Waals surface area contributed by atoms with Gasteiger partial charge in [0.1, 0.15) is 0 Å². The van der Waals surface area contributed by atoms with Crippen LogP contribution in [-0.2, 0) is 17.6 Å². The normalized spacial score (nSPS) is 10.7. The Morgan fingerprint density at radius 1 is 1.16 bits per heavy atom. The summed E-state index contributed by atoms with van der Waals surface area (Å²) >= 11 is 12.3. The topological polar surface area (TPSA) is 37.3 Å². The standard InChI is InChI=1S/C15H20Cl2O2/c1-2-6-12-11(9-10-13(16)15(12)17)7-4-3-5-8-14(18)19/h9-10H,2-8H2,1H3,(H,18,19). The van der Waals surface area contributed by atoms with E-state index in [1.807, 2.05) is 12.1 Å². The molecule has 0 spiro atoms. The van der Waals surface area contributed by atoms with E-state index >= 15 is 0 Å². The number of carboxylic acid groups (broad SMARTS) is 1. The average Bonchev–Trinajstić information content (AvgIpc) is 2.36. The molecule has 0 amide bonds. The van der Waals surface area contributed by atoms with Crippen molar-refractivity contribution in [1.29, 1.82) is 0 Å². The molecular weight excluding hydrogens is 283 g/mol. The highest BCUT2D eigenvalue weighted by molar-refractivity contribution is 6.42. The molecule has 2 nitrogen and oxygen atoms in total. The first kappa shape index (κ1) is 16.3. The minimum absolute atomic E-state index is 0.253. The van der Waals surface area contributed by atoms with Gasteiger partial charge in [-0.2, -0.15) is 0 Å². The summed E-state index contributed by atoms with van der Waals surface area (Å²) in [6.45, 7) is 2.12. The van der Waals surface area contributed by atoms with Gasteiger partial charge in [0, 0.05) is 6.42 Å².